The molecule has 1 N–H and O–H groups in total. The van der Waals surface area contributed by atoms with E-state index in [0.717, 1.165) is 18.2 Å². The molecule has 0 unspecified atom stereocenters. The number of hydrogen-bond acceptors (Lipinski definition) is 4. The number of alkyl halides is 3. The molecule has 0 aliphatic rings. The predicted molar refractivity (Wildman–Crippen MR) is 62.2 cm³/mol. The Hall–Kier alpha value is -2.91. The van der Waals surface area contributed by atoms with E-state index in [9.17, 15) is 28.1 Å². The first kappa shape index (κ1) is 14.5. The summed E-state index contributed by atoms with van der Waals surface area (Å²) in [4.78, 5) is 20.8. The van der Waals surface area contributed by atoms with Crippen molar-refractivity contribution in [3.8, 4) is 5.69 Å². The lowest BCUT2D eigenvalue weighted by Crippen LogP contribution is -2.05. The lowest BCUT2D eigenvalue weighted by Gasteiger charge is -2.04. The SMILES string of the molecule is O=C(O)c1ccc(-n2cc(C(F)(F)F)cn2)c([N+](=O)[O-])c1. The number of carboxylic acids is 1. The fourth-order valence-electron chi connectivity index (χ4n) is 1.60. The molecule has 0 spiro atoms. The number of nitrogens with zero attached hydrogens (tertiary/aromatic N) is 3. The number of benzene rings is 1. The van der Waals surface area contributed by atoms with Crippen LogP contribution in [0.5, 0.6) is 0 Å². The van der Waals surface area contributed by atoms with Crippen molar-refractivity contribution in [3.63, 3.8) is 0 Å². The zero-order chi connectivity index (χ0) is 15.8. The largest absolute Gasteiger partial charge is 0.478 e. The first-order chi connectivity index (χ1) is 9.70. The van der Waals surface area contributed by atoms with Crippen LogP contribution in [0.1, 0.15) is 15.9 Å². The van der Waals surface area contributed by atoms with Gasteiger partial charge in [-0.05, 0) is 12.1 Å². The van der Waals surface area contributed by atoms with Crippen LogP contribution in [0.25, 0.3) is 5.69 Å². The number of carbonyl (C=O) groups is 1. The van der Waals surface area contributed by atoms with Crippen LogP contribution in [-0.2, 0) is 6.18 Å². The van der Waals surface area contributed by atoms with Crippen molar-refractivity contribution in [2.75, 3.05) is 0 Å². The van der Waals surface area contributed by atoms with Gasteiger partial charge in [0.05, 0.1) is 22.2 Å². The summed E-state index contributed by atoms with van der Waals surface area (Å²) >= 11 is 0. The van der Waals surface area contributed by atoms with Crippen molar-refractivity contribution in [1.29, 1.82) is 0 Å². The molecule has 21 heavy (non-hydrogen) atoms. The Balaban J connectivity index is 2.56. The van der Waals surface area contributed by atoms with Gasteiger partial charge >= 0.3 is 12.1 Å². The molecule has 0 fully saturated rings. The number of nitro groups is 1. The third kappa shape index (κ3) is 2.83. The molecule has 7 nitrogen and oxygen atoms in total. The topological polar surface area (TPSA) is 98.3 Å². The van der Waals surface area contributed by atoms with Gasteiger partial charge in [0.2, 0.25) is 0 Å². The van der Waals surface area contributed by atoms with E-state index >= 15 is 0 Å². The fourth-order valence-corrected chi connectivity index (χ4v) is 1.60. The molecule has 0 saturated heterocycles. The average molecular weight is 301 g/mol. The summed E-state index contributed by atoms with van der Waals surface area (Å²) in [6, 6.07) is 2.82. The lowest BCUT2D eigenvalue weighted by molar-refractivity contribution is -0.384. The van der Waals surface area contributed by atoms with Crippen molar-refractivity contribution < 1.29 is 28.0 Å². The van der Waals surface area contributed by atoms with Gasteiger partial charge in [-0.1, -0.05) is 0 Å². The minimum absolute atomic E-state index is 0.263. The number of aromatic carboxylic acids is 1. The summed E-state index contributed by atoms with van der Waals surface area (Å²) in [5, 5.41) is 23.1. The van der Waals surface area contributed by atoms with E-state index in [1.807, 2.05) is 0 Å². The van der Waals surface area contributed by atoms with Crippen LogP contribution in [0.2, 0.25) is 0 Å². The molecule has 0 aliphatic carbocycles. The van der Waals surface area contributed by atoms with E-state index < -0.39 is 28.3 Å². The summed E-state index contributed by atoms with van der Waals surface area (Å²) in [5.74, 6) is -1.39. The minimum Gasteiger partial charge on any atom is -0.478 e. The van der Waals surface area contributed by atoms with Gasteiger partial charge in [0, 0.05) is 12.3 Å². The van der Waals surface area contributed by atoms with Crippen LogP contribution in [0.4, 0.5) is 18.9 Å². The number of aromatic nitrogens is 2. The molecule has 0 radical (unpaired) electrons. The van der Waals surface area contributed by atoms with Crippen LogP contribution in [0.3, 0.4) is 0 Å². The van der Waals surface area contributed by atoms with Crippen molar-refractivity contribution in [2.45, 2.75) is 6.18 Å². The van der Waals surface area contributed by atoms with Gasteiger partial charge in [-0.15, -0.1) is 0 Å². The predicted octanol–water partition coefficient (Wildman–Crippen LogP) is 2.50. The van der Waals surface area contributed by atoms with E-state index in [1.54, 1.807) is 0 Å². The molecule has 10 heteroatoms. The molecule has 0 aliphatic heterocycles. The molecule has 2 rings (SSSR count). The van der Waals surface area contributed by atoms with Gasteiger partial charge in [-0.2, -0.15) is 18.3 Å². The molecule has 1 heterocycles. The monoisotopic (exact) mass is 301 g/mol. The Morgan fingerprint density at radius 3 is 2.52 bits per heavy atom. The standard InChI is InChI=1S/C11H6F3N3O4/c12-11(13,14)7-4-15-16(5-7)8-2-1-6(10(18)19)3-9(8)17(20)21/h1-5H,(H,18,19). The highest BCUT2D eigenvalue weighted by Gasteiger charge is 2.33. The number of hydrogen-bond donors (Lipinski definition) is 1. The Bertz CT molecular complexity index is 724. The maximum atomic E-state index is 12.5. The van der Waals surface area contributed by atoms with Crippen LogP contribution < -0.4 is 0 Å². The number of halogens is 3. The third-order valence-electron chi connectivity index (χ3n) is 2.58. The van der Waals surface area contributed by atoms with E-state index in [0.29, 0.717) is 17.1 Å². The van der Waals surface area contributed by atoms with Crippen molar-refractivity contribution in [3.05, 3.63) is 51.8 Å². The van der Waals surface area contributed by atoms with Gasteiger partial charge in [0.15, 0.2) is 0 Å². The molecule has 1 aromatic carbocycles. The smallest absolute Gasteiger partial charge is 0.419 e. The molecule has 0 saturated carbocycles. The van der Waals surface area contributed by atoms with E-state index in [4.69, 9.17) is 5.11 Å². The highest BCUT2D eigenvalue weighted by atomic mass is 19.4. The van der Waals surface area contributed by atoms with Crippen LogP contribution in [0, 0.1) is 10.1 Å². The molecule has 0 amide bonds. The second-order valence-corrected chi connectivity index (χ2v) is 3.94. The van der Waals surface area contributed by atoms with Gasteiger partial charge in [-0.3, -0.25) is 10.1 Å². The summed E-state index contributed by atoms with van der Waals surface area (Å²) in [6.07, 6.45) is -3.52. The summed E-state index contributed by atoms with van der Waals surface area (Å²) in [6.45, 7) is 0. The van der Waals surface area contributed by atoms with E-state index in [-0.39, 0.29) is 11.3 Å². The third-order valence-corrected chi connectivity index (χ3v) is 2.58. The number of rotatable bonds is 3. The van der Waals surface area contributed by atoms with E-state index in [2.05, 4.69) is 5.10 Å². The summed E-state index contributed by atoms with van der Waals surface area (Å²) < 4.78 is 38.1. The van der Waals surface area contributed by atoms with E-state index in [1.165, 1.54) is 0 Å². The second-order valence-electron chi connectivity index (χ2n) is 3.94. The molecule has 110 valence electrons. The highest BCUT2D eigenvalue weighted by molar-refractivity contribution is 5.89. The normalized spacial score (nSPS) is 11.4. The molecule has 0 bridgehead atoms. The van der Waals surface area contributed by atoms with Crippen molar-refractivity contribution >= 4 is 11.7 Å². The Labute approximate surface area is 114 Å². The number of nitro benzene ring substituents is 1. The molecule has 1 aromatic heterocycles. The number of carboxylic acid groups (broad SMARTS) is 1. The van der Waals surface area contributed by atoms with Gasteiger partial charge < -0.3 is 5.11 Å². The summed E-state index contributed by atoms with van der Waals surface area (Å²) in [7, 11) is 0. The Kier molecular flexibility index (Phi) is 3.37. The van der Waals surface area contributed by atoms with Crippen LogP contribution in [0.15, 0.2) is 30.6 Å². The first-order valence-corrected chi connectivity index (χ1v) is 5.34. The average Bonchev–Trinajstić information content (AvgIpc) is 2.87. The molecule has 2 aromatic rings. The molecule has 0 atom stereocenters. The van der Waals surface area contributed by atoms with Gasteiger partial charge in [-0.25, -0.2) is 9.48 Å². The Morgan fingerprint density at radius 2 is 2.05 bits per heavy atom. The molecular formula is C11H6F3N3O4. The van der Waals surface area contributed by atoms with Gasteiger partial charge in [0.25, 0.3) is 5.69 Å². The molecular weight excluding hydrogens is 295 g/mol. The van der Waals surface area contributed by atoms with Crippen LogP contribution >= 0.6 is 0 Å². The zero-order valence-corrected chi connectivity index (χ0v) is 10.0. The highest BCUT2D eigenvalue weighted by Crippen LogP contribution is 2.31. The van der Waals surface area contributed by atoms with Gasteiger partial charge in [0.1, 0.15) is 5.69 Å². The minimum atomic E-state index is -4.63. The quantitative estimate of drug-likeness (QED) is 0.693. The second kappa shape index (κ2) is 4.89. The zero-order valence-electron chi connectivity index (χ0n) is 10.0. The maximum Gasteiger partial charge on any atom is 0.419 e. The van der Waals surface area contributed by atoms with Crippen LogP contribution in [-0.4, -0.2) is 25.8 Å². The fraction of sp³-hybridized carbons (Fsp3) is 0.0909. The van der Waals surface area contributed by atoms with Crippen molar-refractivity contribution in [2.24, 2.45) is 0 Å². The Morgan fingerprint density at radius 1 is 1.38 bits per heavy atom. The lowest BCUT2D eigenvalue weighted by atomic mass is 10.1. The van der Waals surface area contributed by atoms with Crippen molar-refractivity contribution in [1.82, 2.24) is 9.78 Å². The summed E-state index contributed by atoms with van der Waals surface area (Å²) in [5.41, 5.74) is -2.35. The maximum absolute atomic E-state index is 12.5. The first-order valence-electron chi connectivity index (χ1n) is 5.34.